The summed E-state index contributed by atoms with van der Waals surface area (Å²) in [5, 5.41) is 3.22. The number of aryl methyl sites for hydroxylation is 1. The molecule has 9 nitrogen and oxygen atoms in total. The molecule has 0 aliphatic carbocycles. The number of fused-ring (bicyclic) bond motifs is 2. The number of anilines is 2. The van der Waals surface area contributed by atoms with Gasteiger partial charge in [-0.3, -0.25) is 9.56 Å². The van der Waals surface area contributed by atoms with Crippen molar-refractivity contribution < 1.29 is 4.74 Å². The molecule has 9 heteroatoms. The number of nitrogens with one attached hydrogen (secondary N) is 1. The number of guanidine groups is 1. The SMILES string of the molecule is CC.CC.Cc1ccc2c(c1)Nc1nc(=O)n(C3CCCN(CCCN=C(N)N)CC3)cc1O2. The lowest BCUT2D eigenvalue weighted by atomic mass is 10.1. The van der Waals surface area contributed by atoms with Crippen molar-refractivity contribution in [1.82, 2.24) is 14.5 Å². The Labute approximate surface area is 203 Å². The van der Waals surface area contributed by atoms with Gasteiger partial charge in [0.05, 0.1) is 11.9 Å². The number of nitrogens with zero attached hydrogens (tertiary/aromatic N) is 4. The molecule has 4 rings (SSSR count). The van der Waals surface area contributed by atoms with Gasteiger partial charge in [-0.05, 0) is 63.4 Å². The van der Waals surface area contributed by atoms with Crippen LogP contribution in [0.3, 0.4) is 0 Å². The molecule has 1 unspecified atom stereocenters. The number of nitrogens with two attached hydrogens (primary N) is 2. The Morgan fingerprint density at radius 2 is 1.94 bits per heavy atom. The van der Waals surface area contributed by atoms with Crippen LogP contribution in [0.5, 0.6) is 11.5 Å². The van der Waals surface area contributed by atoms with Crippen molar-refractivity contribution in [3.8, 4) is 11.5 Å². The fraction of sp³-hybridized carbons (Fsp3) is 0.560. The molecule has 1 aromatic heterocycles. The fourth-order valence-electron chi connectivity index (χ4n) is 4.10. The van der Waals surface area contributed by atoms with Crippen molar-refractivity contribution in [3.05, 3.63) is 40.4 Å². The second-order valence-corrected chi connectivity index (χ2v) is 7.96. The molecule has 1 aromatic carbocycles. The highest BCUT2D eigenvalue weighted by atomic mass is 16.5. The van der Waals surface area contributed by atoms with Gasteiger partial charge in [-0.25, -0.2) is 4.79 Å². The molecule has 1 atom stereocenters. The molecule has 1 saturated heterocycles. The van der Waals surface area contributed by atoms with Gasteiger partial charge < -0.3 is 26.4 Å². The van der Waals surface area contributed by atoms with Crippen LogP contribution in [-0.4, -0.2) is 46.6 Å². The number of hydrogen-bond donors (Lipinski definition) is 3. The minimum absolute atomic E-state index is 0.112. The number of aromatic nitrogens is 2. The van der Waals surface area contributed by atoms with E-state index in [9.17, 15) is 4.79 Å². The largest absolute Gasteiger partial charge is 0.450 e. The van der Waals surface area contributed by atoms with E-state index in [0.717, 1.165) is 62.3 Å². The van der Waals surface area contributed by atoms with Crippen LogP contribution in [0.15, 0.2) is 34.2 Å². The van der Waals surface area contributed by atoms with Crippen LogP contribution in [0.2, 0.25) is 0 Å². The molecule has 0 bridgehead atoms. The lowest BCUT2D eigenvalue weighted by Crippen LogP contribution is -2.30. The molecule has 2 aliphatic heterocycles. The summed E-state index contributed by atoms with van der Waals surface area (Å²) in [7, 11) is 0. The Hall–Kier alpha value is -3.07. The second kappa shape index (κ2) is 13.6. The molecule has 3 heterocycles. The van der Waals surface area contributed by atoms with E-state index in [4.69, 9.17) is 16.2 Å². The third-order valence-electron chi connectivity index (χ3n) is 5.64. The summed E-state index contributed by atoms with van der Waals surface area (Å²) < 4.78 is 7.77. The molecule has 5 N–H and O–H groups in total. The highest BCUT2D eigenvalue weighted by Crippen LogP contribution is 2.40. The van der Waals surface area contributed by atoms with Gasteiger partial charge in [-0.15, -0.1) is 0 Å². The second-order valence-electron chi connectivity index (χ2n) is 7.96. The predicted molar refractivity (Wildman–Crippen MR) is 140 cm³/mol. The van der Waals surface area contributed by atoms with Crippen LogP contribution < -0.4 is 27.2 Å². The maximum atomic E-state index is 12.7. The van der Waals surface area contributed by atoms with Gasteiger partial charge in [0.1, 0.15) is 0 Å². The summed E-state index contributed by atoms with van der Waals surface area (Å²) in [5.74, 6) is 1.95. The van der Waals surface area contributed by atoms with Crippen LogP contribution in [0.4, 0.5) is 11.5 Å². The van der Waals surface area contributed by atoms with Crippen molar-refractivity contribution >= 4 is 17.5 Å². The van der Waals surface area contributed by atoms with E-state index >= 15 is 0 Å². The summed E-state index contributed by atoms with van der Waals surface area (Å²) >= 11 is 0. The molecule has 0 radical (unpaired) electrons. The number of ether oxygens (including phenoxy) is 1. The number of likely N-dealkylation sites (tertiary alicyclic amines) is 1. The van der Waals surface area contributed by atoms with Crippen molar-refractivity contribution in [2.24, 2.45) is 16.5 Å². The first-order chi connectivity index (χ1) is 16.5. The van der Waals surface area contributed by atoms with E-state index in [1.807, 2.05) is 52.8 Å². The average Bonchev–Trinajstić information content (AvgIpc) is 3.08. The Bertz CT molecular complexity index is 999. The van der Waals surface area contributed by atoms with Crippen molar-refractivity contribution in [1.29, 1.82) is 0 Å². The zero-order chi connectivity index (χ0) is 25.1. The number of rotatable bonds is 5. The van der Waals surface area contributed by atoms with E-state index in [1.165, 1.54) is 0 Å². The maximum Gasteiger partial charge on any atom is 0.350 e. The van der Waals surface area contributed by atoms with Crippen molar-refractivity contribution in [2.75, 3.05) is 31.5 Å². The van der Waals surface area contributed by atoms with Gasteiger partial charge in [0.15, 0.2) is 23.3 Å². The molecule has 34 heavy (non-hydrogen) atoms. The lowest BCUT2D eigenvalue weighted by molar-refractivity contribution is 0.278. The van der Waals surface area contributed by atoms with Crippen molar-refractivity contribution in [2.45, 2.75) is 66.3 Å². The zero-order valence-corrected chi connectivity index (χ0v) is 21.3. The summed E-state index contributed by atoms with van der Waals surface area (Å²) in [5.41, 5.74) is 12.5. The van der Waals surface area contributed by atoms with E-state index < -0.39 is 0 Å². The normalized spacial score (nSPS) is 16.6. The minimum Gasteiger partial charge on any atom is -0.450 e. The molecule has 0 spiro atoms. The summed E-state index contributed by atoms with van der Waals surface area (Å²) in [4.78, 5) is 23.5. The maximum absolute atomic E-state index is 12.7. The standard InChI is InChI=1S/C21H29N7O2.2C2H6/c1-14-5-6-17-16(12-14)25-19-18(30-17)13-28(21(29)26-19)15-4-2-9-27(11-7-15)10-3-8-24-20(22)23;2*1-2/h5-6,12-13,15H,2-4,7-11H2,1H3,(H4,22,23,24)(H,25,26,29);2*1-2H3. The quantitative estimate of drug-likeness (QED) is 0.290. The highest BCUT2D eigenvalue weighted by Gasteiger charge is 2.24. The van der Waals surface area contributed by atoms with Crippen LogP contribution in [0, 0.1) is 6.92 Å². The molecular formula is C25H41N7O2. The van der Waals surface area contributed by atoms with Crippen molar-refractivity contribution in [3.63, 3.8) is 0 Å². The molecule has 188 valence electrons. The number of hydrogen-bond acceptors (Lipinski definition) is 6. The van der Waals surface area contributed by atoms with E-state index in [2.05, 4.69) is 20.2 Å². The van der Waals surface area contributed by atoms with Gasteiger partial charge in [-0.2, -0.15) is 4.98 Å². The van der Waals surface area contributed by atoms with Gasteiger partial charge in [0.2, 0.25) is 0 Å². The van der Waals surface area contributed by atoms with Gasteiger partial charge in [0.25, 0.3) is 0 Å². The first-order valence-corrected chi connectivity index (χ1v) is 12.5. The lowest BCUT2D eigenvalue weighted by Gasteiger charge is -2.24. The Kier molecular flexibility index (Phi) is 10.9. The molecule has 2 aliphatic rings. The average molecular weight is 472 g/mol. The van der Waals surface area contributed by atoms with Crippen LogP contribution in [-0.2, 0) is 0 Å². The summed E-state index contributed by atoms with van der Waals surface area (Å²) in [6.45, 7) is 13.5. The minimum atomic E-state index is -0.243. The van der Waals surface area contributed by atoms with Gasteiger partial charge >= 0.3 is 5.69 Å². The zero-order valence-electron chi connectivity index (χ0n) is 21.3. The first kappa shape index (κ1) is 27.2. The Balaban J connectivity index is 0.000000970. The highest BCUT2D eigenvalue weighted by molar-refractivity contribution is 5.75. The number of benzene rings is 1. The smallest absolute Gasteiger partial charge is 0.350 e. The summed E-state index contributed by atoms with van der Waals surface area (Å²) in [6.07, 6.45) is 5.58. The Morgan fingerprint density at radius 3 is 2.68 bits per heavy atom. The van der Waals surface area contributed by atoms with Crippen LogP contribution in [0.1, 0.15) is 65.0 Å². The molecule has 1 fully saturated rings. The third kappa shape index (κ3) is 7.21. The monoisotopic (exact) mass is 471 g/mol. The molecule has 0 amide bonds. The van der Waals surface area contributed by atoms with E-state index in [0.29, 0.717) is 18.1 Å². The summed E-state index contributed by atoms with van der Waals surface area (Å²) in [6, 6.07) is 6.03. The third-order valence-corrected chi connectivity index (χ3v) is 5.64. The molecule has 2 aromatic rings. The van der Waals surface area contributed by atoms with Gasteiger partial charge in [-0.1, -0.05) is 33.8 Å². The van der Waals surface area contributed by atoms with E-state index in [-0.39, 0.29) is 17.7 Å². The molecule has 0 saturated carbocycles. The van der Waals surface area contributed by atoms with Crippen LogP contribution >= 0.6 is 0 Å². The fourth-order valence-corrected chi connectivity index (χ4v) is 4.10. The first-order valence-electron chi connectivity index (χ1n) is 12.5. The van der Waals surface area contributed by atoms with Crippen LogP contribution in [0.25, 0.3) is 0 Å². The Morgan fingerprint density at radius 1 is 1.18 bits per heavy atom. The van der Waals surface area contributed by atoms with E-state index in [1.54, 1.807) is 10.8 Å². The molecular weight excluding hydrogens is 430 g/mol. The number of aliphatic imine (C=N–C) groups is 1. The van der Waals surface area contributed by atoms with Gasteiger partial charge in [0, 0.05) is 19.1 Å². The predicted octanol–water partition coefficient (Wildman–Crippen LogP) is 4.14. The topological polar surface area (TPSA) is 124 Å².